The van der Waals surface area contributed by atoms with Gasteiger partial charge in [-0.25, -0.2) is 9.97 Å². The second-order valence-corrected chi connectivity index (χ2v) is 5.76. The van der Waals surface area contributed by atoms with Crippen molar-refractivity contribution in [3.05, 3.63) is 58.2 Å². The maximum Gasteiger partial charge on any atom is 0.217 e. The molecule has 2 heterocycles. The molecule has 0 aliphatic heterocycles. The minimum absolute atomic E-state index is 0.624. The van der Waals surface area contributed by atoms with Gasteiger partial charge in [0.2, 0.25) is 11.8 Å². The summed E-state index contributed by atoms with van der Waals surface area (Å²) >= 11 is 3.49. The van der Waals surface area contributed by atoms with Crippen LogP contribution in [0, 0.1) is 0 Å². The quantitative estimate of drug-likeness (QED) is 0.706. The SMILES string of the molecule is COc1ncccc1Cc1cc2cc(Br)ccc2nc1OC. The molecule has 0 saturated carbocycles. The van der Waals surface area contributed by atoms with E-state index in [-0.39, 0.29) is 0 Å². The lowest BCUT2D eigenvalue weighted by Gasteiger charge is -2.11. The standard InChI is InChI=1S/C17H15BrN2O2/c1-21-16-11(4-3-7-19-16)8-13-9-12-10-14(18)5-6-15(12)20-17(13)22-2/h3-7,9-10H,8H2,1-2H3. The maximum atomic E-state index is 5.45. The summed E-state index contributed by atoms with van der Waals surface area (Å²) in [7, 11) is 3.26. The van der Waals surface area contributed by atoms with Gasteiger partial charge in [0.05, 0.1) is 19.7 Å². The molecule has 2 aromatic heterocycles. The van der Waals surface area contributed by atoms with Crippen LogP contribution in [0.2, 0.25) is 0 Å². The van der Waals surface area contributed by atoms with Crippen LogP contribution < -0.4 is 9.47 Å². The van der Waals surface area contributed by atoms with Gasteiger partial charge in [0, 0.05) is 33.6 Å². The molecule has 0 radical (unpaired) electrons. The van der Waals surface area contributed by atoms with Crippen molar-refractivity contribution >= 4 is 26.8 Å². The Morgan fingerprint density at radius 1 is 1.00 bits per heavy atom. The van der Waals surface area contributed by atoms with Crippen molar-refractivity contribution in [2.75, 3.05) is 14.2 Å². The molecule has 112 valence electrons. The molecule has 0 N–H and O–H groups in total. The number of pyridine rings is 2. The highest BCUT2D eigenvalue weighted by Gasteiger charge is 2.12. The van der Waals surface area contributed by atoms with Gasteiger partial charge in [0.15, 0.2) is 0 Å². The van der Waals surface area contributed by atoms with E-state index < -0.39 is 0 Å². The third-order valence-corrected chi connectivity index (χ3v) is 3.93. The number of methoxy groups -OCH3 is 2. The Balaban J connectivity index is 2.08. The predicted octanol–water partition coefficient (Wildman–Crippen LogP) is 4.00. The molecule has 0 aliphatic carbocycles. The smallest absolute Gasteiger partial charge is 0.217 e. The van der Waals surface area contributed by atoms with Gasteiger partial charge in [-0.15, -0.1) is 0 Å². The molecule has 0 amide bonds. The summed E-state index contributed by atoms with van der Waals surface area (Å²) in [5, 5.41) is 1.06. The molecular formula is C17H15BrN2O2. The predicted molar refractivity (Wildman–Crippen MR) is 89.6 cm³/mol. The van der Waals surface area contributed by atoms with E-state index >= 15 is 0 Å². The van der Waals surface area contributed by atoms with E-state index in [1.807, 2.05) is 30.3 Å². The number of aromatic nitrogens is 2. The minimum Gasteiger partial charge on any atom is -0.481 e. The van der Waals surface area contributed by atoms with Crippen molar-refractivity contribution in [2.24, 2.45) is 0 Å². The Bertz CT molecular complexity index is 821. The van der Waals surface area contributed by atoms with Crippen LogP contribution in [-0.2, 0) is 6.42 Å². The highest BCUT2D eigenvalue weighted by molar-refractivity contribution is 9.10. The van der Waals surface area contributed by atoms with Gasteiger partial charge in [-0.3, -0.25) is 0 Å². The molecular weight excluding hydrogens is 344 g/mol. The molecule has 4 nitrogen and oxygen atoms in total. The first-order chi connectivity index (χ1) is 10.7. The van der Waals surface area contributed by atoms with E-state index in [2.05, 4.69) is 32.0 Å². The monoisotopic (exact) mass is 358 g/mol. The third kappa shape index (κ3) is 2.90. The van der Waals surface area contributed by atoms with Gasteiger partial charge in [-0.05, 0) is 30.3 Å². The molecule has 22 heavy (non-hydrogen) atoms. The minimum atomic E-state index is 0.624. The van der Waals surface area contributed by atoms with Crippen LogP contribution in [0.15, 0.2) is 47.1 Å². The lowest BCUT2D eigenvalue weighted by Crippen LogP contribution is -2.00. The summed E-state index contributed by atoms with van der Waals surface area (Å²) in [6.45, 7) is 0. The van der Waals surface area contributed by atoms with Crippen LogP contribution in [0.25, 0.3) is 10.9 Å². The maximum absolute atomic E-state index is 5.45. The summed E-state index contributed by atoms with van der Waals surface area (Å²) in [5.41, 5.74) is 2.90. The molecule has 0 unspecified atom stereocenters. The Morgan fingerprint density at radius 3 is 2.59 bits per heavy atom. The number of benzene rings is 1. The zero-order chi connectivity index (χ0) is 15.5. The fraction of sp³-hybridized carbons (Fsp3) is 0.176. The molecule has 0 fully saturated rings. The molecule has 3 aromatic rings. The number of fused-ring (bicyclic) bond motifs is 1. The highest BCUT2D eigenvalue weighted by atomic mass is 79.9. The number of rotatable bonds is 4. The van der Waals surface area contributed by atoms with Crippen molar-refractivity contribution < 1.29 is 9.47 Å². The van der Waals surface area contributed by atoms with Gasteiger partial charge >= 0.3 is 0 Å². The number of nitrogens with zero attached hydrogens (tertiary/aromatic N) is 2. The van der Waals surface area contributed by atoms with Gasteiger partial charge in [0.1, 0.15) is 0 Å². The molecule has 0 atom stereocenters. The summed E-state index contributed by atoms with van der Waals surface area (Å²) in [4.78, 5) is 8.82. The highest BCUT2D eigenvalue weighted by Crippen LogP contribution is 2.28. The summed E-state index contributed by atoms with van der Waals surface area (Å²) in [6, 6.07) is 12.0. The Kier molecular flexibility index (Phi) is 4.24. The van der Waals surface area contributed by atoms with E-state index in [1.54, 1.807) is 20.4 Å². The lowest BCUT2D eigenvalue weighted by atomic mass is 10.0. The first kappa shape index (κ1) is 14.8. The zero-order valence-electron chi connectivity index (χ0n) is 12.3. The first-order valence-corrected chi connectivity index (χ1v) is 7.61. The van der Waals surface area contributed by atoms with Crippen LogP contribution in [0.3, 0.4) is 0 Å². The number of hydrogen-bond donors (Lipinski definition) is 0. The Labute approximate surface area is 137 Å². The van der Waals surface area contributed by atoms with Crippen LogP contribution in [-0.4, -0.2) is 24.2 Å². The van der Waals surface area contributed by atoms with Gasteiger partial charge < -0.3 is 9.47 Å². The number of ether oxygens (including phenoxy) is 2. The number of hydrogen-bond acceptors (Lipinski definition) is 4. The van der Waals surface area contributed by atoms with Crippen molar-refractivity contribution in [2.45, 2.75) is 6.42 Å². The summed E-state index contributed by atoms with van der Waals surface area (Å²) in [6.07, 6.45) is 2.37. The Hall–Kier alpha value is -2.14. The van der Waals surface area contributed by atoms with E-state index in [4.69, 9.17) is 9.47 Å². The van der Waals surface area contributed by atoms with E-state index in [0.29, 0.717) is 18.2 Å². The van der Waals surface area contributed by atoms with Crippen LogP contribution >= 0.6 is 15.9 Å². The van der Waals surface area contributed by atoms with Crippen LogP contribution in [0.4, 0.5) is 0 Å². The van der Waals surface area contributed by atoms with E-state index in [1.165, 1.54) is 0 Å². The van der Waals surface area contributed by atoms with E-state index in [9.17, 15) is 0 Å². The van der Waals surface area contributed by atoms with Gasteiger partial charge in [-0.2, -0.15) is 0 Å². The first-order valence-electron chi connectivity index (χ1n) is 6.82. The second-order valence-electron chi connectivity index (χ2n) is 4.84. The van der Waals surface area contributed by atoms with Gasteiger partial charge in [-0.1, -0.05) is 22.0 Å². The molecule has 0 saturated heterocycles. The third-order valence-electron chi connectivity index (χ3n) is 3.43. The molecule has 1 aromatic carbocycles. The molecule has 0 bridgehead atoms. The normalized spacial score (nSPS) is 10.7. The van der Waals surface area contributed by atoms with Crippen molar-refractivity contribution in [3.8, 4) is 11.8 Å². The van der Waals surface area contributed by atoms with Crippen LogP contribution in [0.5, 0.6) is 11.8 Å². The second kappa shape index (κ2) is 6.32. The Morgan fingerprint density at radius 2 is 1.82 bits per heavy atom. The van der Waals surface area contributed by atoms with E-state index in [0.717, 1.165) is 26.5 Å². The molecule has 0 aliphatic rings. The van der Waals surface area contributed by atoms with Crippen LogP contribution in [0.1, 0.15) is 11.1 Å². The fourth-order valence-corrected chi connectivity index (χ4v) is 2.80. The van der Waals surface area contributed by atoms with Gasteiger partial charge in [0.25, 0.3) is 0 Å². The van der Waals surface area contributed by atoms with Crippen molar-refractivity contribution in [1.29, 1.82) is 0 Å². The fourth-order valence-electron chi connectivity index (χ4n) is 2.42. The largest absolute Gasteiger partial charge is 0.481 e. The summed E-state index contributed by atoms with van der Waals surface area (Å²) < 4.78 is 11.8. The topological polar surface area (TPSA) is 44.2 Å². The number of halogens is 1. The average Bonchev–Trinajstić information content (AvgIpc) is 2.54. The zero-order valence-corrected chi connectivity index (χ0v) is 13.9. The van der Waals surface area contributed by atoms with Crippen molar-refractivity contribution in [3.63, 3.8) is 0 Å². The molecule has 0 spiro atoms. The molecule has 5 heteroatoms. The summed E-state index contributed by atoms with van der Waals surface area (Å²) in [5.74, 6) is 1.25. The van der Waals surface area contributed by atoms with Crippen molar-refractivity contribution in [1.82, 2.24) is 9.97 Å². The molecule has 3 rings (SSSR count). The lowest BCUT2D eigenvalue weighted by molar-refractivity contribution is 0.389. The average molecular weight is 359 g/mol.